The summed E-state index contributed by atoms with van der Waals surface area (Å²) in [5, 5.41) is 3.29. The van der Waals surface area contributed by atoms with Crippen LogP contribution in [0.5, 0.6) is 0 Å². The first-order valence-electron chi connectivity index (χ1n) is 11.6. The molecule has 3 saturated carbocycles. The van der Waals surface area contributed by atoms with E-state index in [1.54, 1.807) is 0 Å². The number of nitrogens with one attached hydrogen (secondary N) is 1. The minimum absolute atomic E-state index is 0.259. The van der Waals surface area contributed by atoms with Crippen LogP contribution in [0.4, 0.5) is 0 Å². The second kappa shape index (κ2) is 8.18. The third-order valence-electron chi connectivity index (χ3n) is 7.96. The highest BCUT2D eigenvalue weighted by Crippen LogP contribution is 2.58. The van der Waals surface area contributed by atoms with Crippen LogP contribution in [0, 0.1) is 11.3 Å². The third kappa shape index (κ3) is 4.45. The number of carbonyl (C=O) groups is 1. The monoisotopic (exact) mass is 382 g/mol. The van der Waals surface area contributed by atoms with Crippen LogP contribution in [0.25, 0.3) is 0 Å². The molecular formula is C25H38N2O. The molecule has 3 fully saturated rings. The number of amides is 1. The largest absolute Gasteiger partial charge is 0.353 e. The fourth-order valence-electron chi connectivity index (χ4n) is 6.78. The molecule has 154 valence electrons. The van der Waals surface area contributed by atoms with Crippen molar-refractivity contribution in [3.8, 4) is 0 Å². The zero-order valence-electron chi connectivity index (χ0n) is 17.6. The zero-order chi connectivity index (χ0) is 19.6. The van der Waals surface area contributed by atoms with Crippen molar-refractivity contribution < 1.29 is 4.79 Å². The summed E-state index contributed by atoms with van der Waals surface area (Å²) in [5.74, 6) is 0.930. The Bertz CT molecular complexity index is 666. The smallest absolute Gasteiger partial charge is 0.220 e. The molecule has 1 aromatic rings. The van der Waals surface area contributed by atoms with E-state index >= 15 is 0 Å². The van der Waals surface area contributed by atoms with Gasteiger partial charge in [-0.25, -0.2) is 0 Å². The van der Waals surface area contributed by atoms with Crippen LogP contribution in [-0.4, -0.2) is 18.0 Å². The van der Waals surface area contributed by atoms with Crippen molar-refractivity contribution in [3.63, 3.8) is 0 Å². The maximum Gasteiger partial charge on any atom is 0.220 e. The number of fused-ring (bicyclic) bond motifs is 2. The molecule has 0 aromatic heterocycles. The molecule has 0 heterocycles. The van der Waals surface area contributed by atoms with Crippen LogP contribution in [0.15, 0.2) is 30.3 Å². The van der Waals surface area contributed by atoms with Crippen LogP contribution in [0.1, 0.15) is 89.5 Å². The van der Waals surface area contributed by atoms with Crippen molar-refractivity contribution in [2.24, 2.45) is 17.1 Å². The predicted octanol–water partition coefficient (Wildman–Crippen LogP) is 5.08. The van der Waals surface area contributed by atoms with E-state index in [0.29, 0.717) is 35.3 Å². The average molecular weight is 383 g/mol. The molecule has 3 heteroatoms. The third-order valence-corrected chi connectivity index (χ3v) is 7.96. The summed E-state index contributed by atoms with van der Waals surface area (Å²) in [5.41, 5.74) is 8.32. The number of hydrogen-bond acceptors (Lipinski definition) is 2. The van der Waals surface area contributed by atoms with Crippen molar-refractivity contribution in [3.05, 3.63) is 35.9 Å². The van der Waals surface area contributed by atoms with Gasteiger partial charge in [-0.1, -0.05) is 43.7 Å². The lowest BCUT2D eigenvalue weighted by atomic mass is 9.50. The molecule has 0 radical (unpaired) electrons. The van der Waals surface area contributed by atoms with Crippen LogP contribution < -0.4 is 11.1 Å². The molecule has 2 bridgehead atoms. The van der Waals surface area contributed by atoms with Gasteiger partial charge < -0.3 is 11.1 Å². The van der Waals surface area contributed by atoms with Crippen LogP contribution >= 0.6 is 0 Å². The molecule has 0 saturated heterocycles. The lowest BCUT2D eigenvalue weighted by Gasteiger charge is -2.54. The van der Waals surface area contributed by atoms with Gasteiger partial charge in [0.15, 0.2) is 0 Å². The Morgan fingerprint density at radius 3 is 2.61 bits per heavy atom. The molecule has 3 aliphatic carbocycles. The standard InChI is InChI=1S/C25H38N2O/c1-24-14-5-15-25(18-24,20-6-3-2-4-7-20)17-19(16-24)8-13-23(28)27-22-11-9-21(26)10-12-22/h2-4,6-7,19,21-22H,5,8-18,26H2,1H3,(H,27,28)/t19?,21-,22+,24?,25?. The predicted molar refractivity (Wildman–Crippen MR) is 115 cm³/mol. The SMILES string of the molecule is CC12CCCC(c3ccccc3)(CC(CCC(=O)N[C@H]3CC[C@@H](N)CC3)C1)C2. The van der Waals surface area contributed by atoms with Gasteiger partial charge >= 0.3 is 0 Å². The van der Waals surface area contributed by atoms with Crippen molar-refractivity contribution in [1.29, 1.82) is 0 Å². The maximum absolute atomic E-state index is 12.6. The fourth-order valence-corrected chi connectivity index (χ4v) is 6.78. The second-order valence-electron chi connectivity index (χ2n) is 10.5. The van der Waals surface area contributed by atoms with Crippen molar-refractivity contribution in [2.75, 3.05) is 0 Å². The van der Waals surface area contributed by atoms with E-state index in [2.05, 4.69) is 42.6 Å². The Kier molecular flexibility index (Phi) is 5.83. The van der Waals surface area contributed by atoms with Crippen molar-refractivity contribution >= 4 is 5.91 Å². The second-order valence-corrected chi connectivity index (χ2v) is 10.5. The summed E-state index contributed by atoms with van der Waals surface area (Å²) in [6, 6.07) is 11.9. The van der Waals surface area contributed by atoms with E-state index < -0.39 is 0 Å². The lowest BCUT2D eigenvalue weighted by Crippen LogP contribution is -2.45. The number of rotatable bonds is 5. The molecule has 28 heavy (non-hydrogen) atoms. The van der Waals surface area contributed by atoms with E-state index in [0.717, 1.165) is 32.1 Å². The summed E-state index contributed by atoms with van der Waals surface area (Å²) in [6.45, 7) is 2.50. The van der Waals surface area contributed by atoms with Gasteiger partial charge in [0.1, 0.15) is 0 Å². The number of carbonyl (C=O) groups excluding carboxylic acids is 1. The minimum atomic E-state index is 0.259. The fraction of sp³-hybridized carbons (Fsp3) is 0.720. The van der Waals surface area contributed by atoms with Gasteiger partial charge in [0.25, 0.3) is 0 Å². The van der Waals surface area contributed by atoms with E-state index in [4.69, 9.17) is 5.73 Å². The Labute approximate surface area is 170 Å². The first-order valence-corrected chi connectivity index (χ1v) is 11.6. The van der Waals surface area contributed by atoms with E-state index in [9.17, 15) is 4.79 Å². The van der Waals surface area contributed by atoms with Crippen LogP contribution in [0.2, 0.25) is 0 Å². The van der Waals surface area contributed by atoms with Gasteiger partial charge in [-0.2, -0.15) is 0 Å². The molecule has 3 aliphatic rings. The average Bonchev–Trinajstić information content (AvgIpc) is 2.68. The van der Waals surface area contributed by atoms with Crippen molar-refractivity contribution in [1.82, 2.24) is 5.32 Å². The summed E-state index contributed by atoms with van der Waals surface area (Å²) < 4.78 is 0. The summed E-state index contributed by atoms with van der Waals surface area (Å²) in [7, 11) is 0. The highest BCUT2D eigenvalue weighted by Gasteiger charge is 2.49. The minimum Gasteiger partial charge on any atom is -0.353 e. The van der Waals surface area contributed by atoms with Gasteiger partial charge in [-0.15, -0.1) is 0 Å². The van der Waals surface area contributed by atoms with Gasteiger partial charge in [0.05, 0.1) is 0 Å². The Hall–Kier alpha value is -1.35. The Morgan fingerprint density at radius 1 is 1.11 bits per heavy atom. The highest BCUT2D eigenvalue weighted by atomic mass is 16.1. The number of hydrogen-bond donors (Lipinski definition) is 2. The van der Waals surface area contributed by atoms with E-state index in [-0.39, 0.29) is 5.91 Å². The quantitative estimate of drug-likeness (QED) is 0.746. The molecule has 4 rings (SSSR count). The highest BCUT2D eigenvalue weighted by molar-refractivity contribution is 5.76. The molecule has 3 N–H and O–H groups in total. The van der Waals surface area contributed by atoms with Crippen LogP contribution in [0.3, 0.4) is 0 Å². The lowest BCUT2D eigenvalue weighted by molar-refractivity contribution is -0.122. The Morgan fingerprint density at radius 2 is 1.86 bits per heavy atom. The first-order chi connectivity index (χ1) is 13.5. The molecule has 1 aromatic carbocycles. The zero-order valence-corrected chi connectivity index (χ0v) is 17.6. The van der Waals surface area contributed by atoms with Gasteiger partial charge in [-0.3, -0.25) is 4.79 Å². The van der Waals surface area contributed by atoms with Gasteiger partial charge in [-0.05, 0) is 86.5 Å². The number of nitrogens with two attached hydrogens (primary N) is 1. The molecule has 0 aliphatic heterocycles. The molecule has 3 unspecified atom stereocenters. The molecule has 0 spiro atoms. The number of benzene rings is 1. The van der Waals surface area contributed by atoms with Gasteiger partial charge in [0.2, 0.25) is 5.91 Å². The topological polar surface area (TPSA) is 55.1 Å². The van der Waals surface area contributed by atoms with Gasteiger partial charge in [0, 0.05) is 18.5 Å². The maximum atomic E-state index is 12.6. The molecule has 1 amide bonds. The first kappa shape index (κ1) is 19.9. The summed E-state index contributed by atoms with van der Waals surface area (Å²) >= 11 is 0. The normalized spacial score (nSPS) is 38.0. The summed E-state index contributed by atoms with van der Waals surface area (Å²) in [6.07, 6.45) is 13.8. The van der Waals surface area contributed by atoms with E-state index in [1.165, 1.54) is 44.1 Å². The molecule has 3 atom stereocenters. The molecular weight excluding hydrogens is 344 g/mol. The Balaban J connectivity index is 1.36. The van der Waals surface area contributed by atoms with Crippen molar-refractivity contribution in [2.45, 2.75) is 101 Å². The molecule has 3 nitrogen and oxygen atoms in total. The van der Waals surface area contributed by atoms with E-state index in [1.807, 2.05) is 0 Å². The van der Waals surface area contributed by atoms with Crippen LogP contribution in [-0.2, 0) is 10.2 Å². The summed E-state index contributed by atoms with van der Waals surface area (Å²) in [4.78, 5) is 12.6.